The van der Waals surface area contributed by atoms with Gasteiger partial charge in [0, 0.05) is 35.9 Å². The summed E-state index contributed by atoms with van der Waals surface area (Å²) in [5, 5.41) is 6.18. The second-order valence-corrected chi connectivity index (χ2v) is 8.84. The molecule has 0 aliphatic carbocycles. The molecule has 5 rings (SSSR count). The van der Waals surface area contributed by atoms with E-state index in [1.165, 1.54) is 26.9 Å². The Morgan fingerprint density at radius 2 is 1.73 bits per heavy atom. The van der Waals surface area contributed by atoms with Gasteiger partial charge in [0.15, 0.2) is 0 Å². The smallest absolute Gasteiger partial charge is 0.291 e. The normalized spacial score (nSPS) is 14.3. The van der Waals surface area contributed by atoms with Gasteiger partial charge in [0.25, 0.3) is 5.56 Å². The molecular formula is C26H28N4O3. The van der Waals surface area contributed by atoms with Crippen molar-refractivity contribution in [1.29, 1.82) is 0 Å². The zero-order valence-corrected chi connectivity index (χ0v) is 19.3. The number of rotatable bonds is 4. The minimum Gasteiger partial charge on any atom is -0.378 e. The maximum Gasteiger partial charge on any atom is 0.291 e. The van der Waals surface area contributed by atoms with E-state index in [4.69, 9.17) is 4.74 Å². The summed E-state index contributed by atoms with van der Waals surface area (Å²) in [5.41, 5.74) is 6.17. The van der Waals surface area contributed by atoms with Crippen LogP contribution >= 0.6 is 0 Å². The molecule has 0 bridgehead atoms. The van der Waals surface area contributed by atoms with Crippen LogP contribution in [0.5, 0.6) is 0 Å². The van der Waals surface area contributed by atoms with Crippen LogP contribution in [-0.2, 0) is 22.6 Å². The molecule has 7 heteroatoms. The van der Waals surface area contributed by atoms with Crippen LogP contribution < -0.4 is 5.56 Å². The van der Waals surface area contributed by atoms with Gasteiger partial charge in [-0.05, 0) is 43.5 Å². The fraction of sp³-hybridized carbons (Fsp3) is 0.346. The summed E-state index contributed by atoms with van der Waals surface area (Å²) < 4.78 is 8.71. The van der Waals surface area contributed by atoms with E-state index in [0.29, 0.717) is 38.4 Å². The van der Waals surface area contributed by atoms with E-state index in [-0.39, 0.29) is 18.0 Å². The second kappa shape index (κ2) is 8.48. The summed E-state index contributed by atoms with van der Waals surface area (Å²) in [7, 11) is 0. The van der Waals surface area contributed by atoms with Gasteiger partial charge in [-0.2, -0.15) is 5.10 Å². The van der Waals surface area contributed by atoms with Crippen molar-refractivity contribution in [2.45, 2.75) is 33.9 Å². The molecule has 0 atom stereocenters. The van der Waals surface area contributed by atoms with E-state index in [1.54, 1.807) is 11.1 Å². The van der Waals surface area contributed by atoms with Crippen molar-refractivity contribution in [2.24, 2.45) is 0 Å². The third kappa shape index (κ3) is 3.82. The Kier molecular flexibility index (Phi) is 5.50. The van der Waals surface area contributed by atoms with E-state index >= 15 is 0 Å². The molecule has 1 fully saturated rings. The lowest BCUT2D eigenvalue weighted by Gasteiger charge is -2.26. The molecule has 2 aromatic heterocycles. The van der Waals surface area contributed by atoms with Crippen LogP contribution in [0.25, 0.3) is 21.8 Å². The lowest BCUT2D eigenvalue weighted by atomic mass is 10.00. The van der Waals surface area contributed by atoms with Crippen LogP contribution in [0.4, 0.5) is 0 Å². The zero-order chi connectivity index (χ0) is 23.1. The number of carbonyl (C=O) groups excluding carboxylic acids is 1. The minimum atomic E-state index is -0.243. The summed E-state index contributed by atoms with van der Waals surface area (Å²) in [6, 6.07) is 12.4. The summed E-state index contributed by atoms with van der Waals surface area (Å²) in [6.07, 6.45) is 1.72. The molecule has 0 radical (unpaired) electrons. The Labute approximate surface area is 192 Å². The first-order valence-corrected chi connectivity index (χ1v) is 11.3. The molecular weight excluding hydrogens is 416 g/mol. The quantitative estimate of drug-likeness (QED) is 0.485. The number of morpholine rings is 1. The highest BCUT2D eigenvalue weighted by Gasteiger charge is 2.21. The van der Waals surface area contributed by atoms with Crippen molar-refractivity contribution in [3.05, 3.63) is 75.2 Å². The van der Waals surface area contributed by atoms with Gasteiger partial charge in [-0.1, -0.05) is 35.9 Å². The number of benzene rings is 2. The van der Waals surface area contributed by atoms with Crippen LogP contribution in [0.2, 0.25) is 0 Å². The second-order valence-electron chi connectivity index (χ2n) is 8.84. The lowest BCUT2D eigenvalue weighted by molar-refractivity contribution is -0.136. The van der Waals surface area contributed by atoms with Gasteiger partial charge in [-0.25, -0.2) is 4.68 Å². The largest absolute Gasteiger partial charge is 0.378 e. The summed E-state index contributed by atoms with van der Waals surface area (Å²) in [4.78, 5) is 28.2. The number of ether oxygens (including phenoxy) is 1. The van der Waals surface area contributed by atoms with Crippen molar-refractivity contribution >= 4 is 27.7 Å². The Morgan fingerprint density at radius 1 is 1.03 bits per heavy atom. The first-order chi connectivity index (χ1) is 15.9. The molecule has 7 nitrogen and oxygen atoms in total. The van der Waals surface area contributed by atoms with Crippen LogP contribution in [0.3, 0.4) is 0 Å². The van der Waals surface area contributed by atoms with Crippen molar-refractivity contribution in [1.82, 2.24) is 19.2 Å². The van der Waals surface area contributed by atoms with Crippen molar-refractivity contribution in [3.63, 3.8) is 0 Å². The lowest BCUT2D eigenvalue weighted by Crippen LogP contribution is -2.43. The molecule has 33 heavy (non-hydrogen) atoms. The maximum absolute atomic E-state index is 13.6. The number of carbonyl (C=O) groups is 1. The molecule has 0 unspecified atom stereocenters. The topological polar surface area (TPSA) is 69.4 Å². The predicted molar refractivity (Wildman–Crippen MR) is 129 cm³/mol. The number of nitrogens with zero attached hydrogens (tertiary/aromatic N) is 4. The van der Waals surface area contributed by atoms with E-state index in [2.05, 4.69) is 42.6 Å². The molecule has 0 spiro atoms. The van der Waals surface area contributed by atoms with Crippen molar-refractivity contribution in [2.75, 3.05) is 26.3 Å². The van der Waals surface area contributed by atoms with Crippen LogP contribution in [-0.4, -0.2) is 51.5 Å². The average molecular weight is 445 g/mol. The Bertz CT molecular complexity index is 1400. The maximum atomic E-state index is 13.6. The Balaban J connectivity index is 1.64. The average Bonchev–Trinajstić information content (AvgIpc) is 3.13. The first kappa shape index (κ1) is 21.4. The summed E-state index contributed by atoms with van der Waals surface area (Å²) in [6.45, 7) is 8.98. The molecule has 0 saturated carbocycles. The van der Waals surface area contributed by atoms with Crippen LogP contribution in [0.1, 0.15) is 22.3 Å². The number of aromatic nitrogens is 3. The molecule has 3 heterocycles. The molecule has 1 saturated heterocycles. The number of amides is 1. The highest BCUT2D eigenvalue weighted by atomic mass is 16.5. The number of hydrogen-bond acceptors (Lipinski definition) is 4. The van der Waals surface area contributed by atoms with Gasteiger partial charge >= 0.3 is 0 Å². The SMILES string of the molecule is Cc1cc(C)c(Cn2c3ccccc3c3cnn(CC(=O)N4CCOCC4)c(=O)c32)c(C)c1. The van der Waals surface area contributed by atoms with E-state index in [9.17, 15) is 9.59 Å². The highest BCUT2D eigenvalue weighted by Crippen LogP contribution is 2.28. The molecule has 1 amide bonds. The van der Waals surface area contributed by atoms with Gasteiger partial charge in [0.05, 0.1) is 19.4 Å². The summed E-state index contributed by atoms with van der Waals surface area (Å²) in [5.74, 6) is -0.111. The number of hydrogen-bond donors (Lipinski definition) is 0. The Morgan fingerprint density at radius 3 is 2.45 bits per heavy atom. The first-order valence-electron chi connectivity index (χ1n) is 11.3. The van der Waals surface area contributed by atoms with E-state index < -0.39 is 0 Å². The standard InChI is InChI=1S/C26H28N4O3/c1-17-12-18(2)22(19(3)13-17)15-29-23-7-5-4-6-20(23)21-14-27-30(26(32)25(21)29)16-24(31)28-8-10-33-11-9-28/h4-7,12-14H,8-11,15-16H2,1-3H3. The van der Waals surface area contributed by atoms with Crippen LogP contribution in [0.15, 0.2) is 47.4 Å². The fourth-order valence-electron chi connectivity index (χ4n) is 4.93. The highest BCUT2D eigenvalue weighted by molar-refractivity contribution is 6.07. The number of aryl methyl sites for hydroxylation is 3. The van der Waals surface area contributed by atoms with Crippen molar-refractivity contribution < 1.29 is 9.53 Å². The van der Waals surface area contributed by atoms with Crippen LogP contribution in [0, 0.1) is 20.8 Å². The van der Waals surface area contributed by atoms with E-state index in [1.807, 2.05) is 24.3 Å². The van der Waals surface area contributed by atoms with Gasteiger partial charge < -0.3 is 14.2 Å². The van der Waals surface area contributed by atoms with Gasteiger partial charge in [0.2, 0.25) is 5.91 Å². The summed E-state index contributed by atoms with van der Waals surface area (Å²) >= 11 is 0. The fourth-order valence-corrected chi connectivity index (χ4v) is 4.93. The van der Waals surface area contributed by atoms with Gasteiger partial charge in [-0.15, -0.1) is 0 Å². The van der Waals surface area contributed by atoms with Gasteiger partial charge in [0.1, 0.15) is 12.1 Å². The molecule has 1 aliphatic heterocycles. The molecule has 4 aromatic rings. The third-order valence-electron chi connectivity index (χ3n) is 6.58. The number of para-hydroxylation sites is 1. The molecule has 2 aromatic carbocycles. The molecule has 170 valence electrons. The third-order valence-corrected chi connectivity index (χ3v) is 6.58. The van der Waals surface area contributed by atoms with E-state index in [0.717, 1.165) is 16.3 Å². The molecule has 0 N–H and O–H groups in total. The monoisotopic (exact) mass is 444 g/mol. The molecule has 1 aliphatic rings. The zero-order valence-electron chi connectivity index (χ0n) is 19.3. The Hall–Kier alpha value is -3.45. The van der Waals surface area contributed by atoms with Gasteiger partial charge in [-0.3, -0.25) is 9.59 Å². The predicted octanol–water partition coefficient (Wildman–Crippen LogP) is 3.18. The number of fused-ring (bicyclic) bond motifs is 3. The minimum absolute atomic E-state index is 0.0705. The van der Waals surface area contributed by atoms with Crippen molar-refractivity contribution in [3.8, 4) is 0 Å².